The maximum atomic E-state index is 5.53. The molecule has 1 atom stereocenters. The molecule has 1 saturated heterocycles. The first-order valence-corrected chi connectivity index (χ1v) is 6.68. The molecule has 1 aliphatic rings. The summed E-state index contributed by atoms with van der Waals surface area (Å²) in [6.45, 7) is 4.37. The van der Waals surface area contributed by atoms with E-state index in [1.165, 1.54) is 5.56 Å². The van der Waals surface area contributed by atoms with E-state index in [4.69, 9.17) is 17.0 Å². The van der Waals surface area contributed by atoms with Gasteiger partial charge >= 0.3 is 0 Å². The second-order valence-electron chi connectivity index (χ2n) is 4.61. The van der Waals surface area contributed by atoms with Gasteiger partial charge in [-0.1, -0.05) is 0 Å². The van der Waals surface area contributed by atoms with E-state index in [0.29, 0.717) is 17.8 Å². The van der Waals surface area contributed by atoms with E-state index in [2.05, 4.69) is 15.7 Å². The Balaban J connectivity index is 1.69. The van der Waals surface area contributed by atoms with Gasteiger partial charge in [-0.05, 0) is 32.0 Å². The van der Waals surface area contributed by atoms with Gasteiger partial charge in [-0.15, -0.1) is 0 Å². The van der Waals surface area contributed by atoms with Crippen molar-refractivity contribution in [2.24, 2.45) is 7.05 Å². The molecule has 0 aliphatic carbocycles. The number of aryl methyl sites for hydroxylation is 2. The fourth-order valence-electron chi connectivity index (χ4n) is 2.07. The summed E-state index contributed by atoms with van der Waals surface area (Å²) < 4.78 is 7.34. The first kappa shape index (κ1) is 13.3. The third kappa shape index (κ3) is 3.68. The van der Waals surface area contributed by atoms with E-state index < -0.39 is 0 Å². The lowest BCUT2D eigenvalue weighted by Crippen LogP contribution is -2.39. The summed E-state index contributed by atoms with van der Waals surface area (Å²) in [5, 5.41) is 11.3. The summed E-state index contributed by atoms with van der Waals surface area (Å²) in [4.78, 5) is 0. The smallest absolute Gasteiger partial charge is 0.166 e. The van der Waals surface area contributed by atoms with E-state index in [0.717, 1.165) is 31.7 Å². The van der Waals surface area contributed by atoms with Crippen molar-refractivity contribution < 1.29 is 4.74 Å². The summed E-state index contributed by atoms with van der Waals surface area (Å²) in [6, 6.07) is 0. The standard InChI is InChI=1S/C12H20N4OS/c1-9-10(8-16(2)15-9)6-13-12(18)14-7-11-4-3-5-17-11/h8,11H,3-7H2,1-2H3,(H2,13,14,18)/t11-/m0/s1. The van der Waals surface area contributed by atoms with Crippen molar-refractivity contribution in [1.29, 1.82) is 0 Å². The van der Waals surface area contributed by atoms with Crippen molar-refractivity contribution in [1.82, 2.24) is 20.4 Å². The lowest BCUT2D eigenvalue weighted by Gasteiger charge is -2.13. The van der Waals surface area contributed by atoms with Crippen molar-refractivity contribution >= 4 is 17.3 Å². The third-order valence-corrected chi connectivity index (χ3v) is 3.36. The van der Waals surface area contributed by atoms with Crippen LogP contribution in [0.5, 0.6) is 0 Å². The zero-order valence-electron chi connectivity index (χ0n) is 10.9. The first-order valence-electron chi connectivity index (χ1n) is 6.27. The maximum absolute atomic E-state index is 5.53. The highest BCUT2D eigenvalue weighted by atomic mass is 32.1. The van der Waals surface area contributed by atoms with Gasteiger partial charge in [0.05, 0.1) is 11.8 Å². The topological polar surface area (TPSA) is 51.1 Å². The van der Waals surface area contributed by atoms with Crippen molar-refractivity contribution in [2.75, 3.05) is 13.2 Å². The van der Waals surface area contributed by atoms with Gasteiger partial charge in [0.25, 0.3) is 0 Å². The monoisotopic (exact) mass is 268 g/mol. The zero-order valence-corrected chi connectivity index (χ0v) is 11.7. The molecule has 1 fully saturated rings. The van der Waals surface area contributed by atoms with Crippen LogP contribution in [0.25, 0.3) is 0 Å². The van der Waals surface area contributed by atoms with Crippen LogP contribution in [-0.4, -0.2) is 34.1 Å². The van der Waals surface area contributed by atoms with Gasteiger partial charge in [0.2, 0.25) is 0 Å². The molecule has 0 spiro atoms. The molecule has 5 nitrogen and oxygen atoms in total. The number of nitrogens with one attached hydrogen (secondary N) is 2. The number of hydrogen-bond donors (Lipinski definition) is 2. The van der Waals surface area contributed by atoms with Crippen LogP contribution in [0.1, 0.15) is 24.1 Å². The number of hydrogen-bond acceptors (Lipinski definition) is 3. The molecule has 0 aromatic carbocycles. The molecular weight excluding hydrogens is 248 g/mol. The molecule has 1 aromatic rings. The summed E-state index contributed by atoms with van der Waals surface area (Å²) in [5.41, 5.74) is 2.20. The van der Waals surface area contributed by atoms with Crippen LogP contribution >= 0.6 is 12.2 Å². The van der Waals surface area contributed by atoms with Crippen LogP contribution in [0.4, 0.5) is 0 Å². The summed E-state index contributed by atoms with van der Waals surface area (Å²) >= 11 is 5.23. The Kier molecular flexibility index (Phi) is 4.54. The quantitative estimate of drug-likeness (QED) is 0.794. The summed E-state index contributed by atoms with van der Waals surface area (Å²) in [5.74, 6) is 0. The molecule has 18 heavy (non-hydrogen) atoms. The molecule has 0 bridgehead atoms. The molecule has 0 saturated carbocycles. The van der Waals surface area contributed by atoms with Crippen molar-refractivity contribution in [3.05, 3.63) is 17.5 Å². The maximum Gasteiger partial charge on any atom is 0.166 e. The van der Waals surface area contributed by atoms with Crippen molar-refractivity contribution in [3.8, 4) is 0 Å². The van der Waals surface area contributed by atoms with Crippen LogP contribution in [0.3, 0.4) is 0 Å². The van der Waals surface area contributed by atoms with Crippen LogP contribution in [0, 0.1) is 6.92 Å². The van der Waals surface area contributed by atoms with Gasteiger partial charge in [0, 0.05) is 38.5 Å². The number of thiocarbonyl (C=S) groups is 1. The van der Waals surface area contributed by atoms with Gasteiger partial charge in [-0.3, -0.25) is 4.68 Å². The van der Waals surface area contributed by atoms with Gasteiger partial charge < -0.3 is 15.4 Å². The lowest BCUT2D eigenvalue weighted by molar-refractivity contribution is 0.114. The second-order valence-corrected chi connectivity index (χ2v) is 5.02. The summed E-state index contributed by atoms with van der Waals surface area (Å²) in [7, 11) is 1.92. The molecule has 1 aromatic heterocycles. The second kappa shape index (κ2) is 6.15. The fraction of sp³-hybridized carbons (Fsp3) is 0.667. The lowest BCUT2D eigenvalue weighted by atomic mass is 10.2. The molecule has 0 unspecified atom stereocenters. The number of nitrogens with zero attached hydrogens (tertiary/aromatic N) is 2. The molecule has 2 N–H and O–H groups in total. The van der Waals surface area contributed by atoms with Gasteiger partial charge in [-0.25, -0.2) is 0 Å². The zero-order chi connectivity index (χ0) is 13.0. The fourth-order valence-corrected chi connectivity index (χ4v) is 2.23. The number of rotatable bonds is 4. The Labute approximate surface area is 113 Å². The predicted octanol–water partition coefficient (Wildman–Crippen LogP) is 0.872. The minimum Gasteiger partial charge on any atom is -0.376 e. The molecule has 0 amide bonds. The largest absolute Gasteiger partial charge is 0.376 e. The predicted molar refractivity (Wildman–Crippen MR) is 74.4 cm³/mol. The van der Waals surface area contributed by atoms with Crippen LogP contribution < -0.4 is 10.6 Å². The normalized spacial score (nSPS) is 18.9. The highest BCUT2D eigenvalue weighted by Crippen LogP contribution is 2.10. The van der Waals surface area contributed by atoms with Crippen LogP contribution in [-0.2, 0) is 18.3 Å². The molecule has 6 heteroatoms. The Morgan fingerprint density at radius 3 is 3.06 bits per heavy atom. The Morgan fingerprint density at radius 1 is 1.61 bits per heavy atom. The average molecular weight is 268 g/mol. The SMILES string of the molecule is Cc1nn(C)cc1CNC(=S)NC[C@@H]1CCCO1. The molecule has 2 rings (SSSR count). The molecule has 1 aliphatic heterocycles. The van der Waals surface area contributed by atoms with E-state index in [9.17, 15) is 0 Å². The Morgan fingerprint density at radius 2 is 2.44 bits per heavy atom. The van der Waals surface area contributed by atoms with Crippen molar-refractivity contribution in [3.63, 3.8) is 0 Å². The Hall–Kier alpha value is -1.14. The van der Waals surface area contributed by atoms with Gasteiger partial charge in [0.15, 0.2) is 5.11 Å². The highest BCUT2D eigenvalue weighted by molar-refractivity contribution is 7.80. The third-order valence-electron chi connectivity index (χ3n) is 3.07. The van der Waals surface area contributed by atoms with Gasteiger partial charge in [-0.2, -0.15) is 5.10 Å². The number of aromatic nitrogens is 2. The van der Waals surface area contributed by atoms with Crippen molar-refractivity contribution in [2.45, 2.75) is 32.4 Å². The highest BCUT2D eigenvalue weighted by Gasteiger charge is 2.15. The molecule has 2 heterocycles. The van der Waals surface area contributed by atoms with E-state index in [1.54, 1.807) is 0 Å². The summed E-state index contributed by atoms with van der Waals surface area (Å²) in [6.07, 6.45) is 4.59. The number of ether oxygens (including phenoxy) is 1. The molecule has 0 radical (unpaired) electrons. The van der Waals surface area contributed by atoms with E-state index in [1.807, 2.05) is 24.9 Å². The van der Waals surface area contributed by atoms with E-state index in [-0.39, 0.29) is 0 Å². The molecular formula is C12H20N4OS. The van der Waals surface area contributed by atoms with E-state index >= 15 is 0 Å². The minimum atomic E-state index is 0.310. The Bertz CT molecular complexity index is 412. The average Bonchev–Trinajstić information content (AvgIpc) is 2.94. The van der Waals surface area contributed by atoms with Gasteiger partial charge in [0.1, 0.15) is 0 Å². The van der Waals surface area contributed by atoms with Crippen LogP contribution in [0.2, 0.25) is 0 Å². The van der Waals surface area contributed by atoms with Crippen LogP contribution in [0.15, 0.2) is 6.20 Å². The minimum absolute atomic E-state index is 0.310. The molecule has 100 valence electrons. The first-order chi connectivity index (χ1) is 8.65.